The maximum absolute atomic E-state index is 10.6. The Hall–Kier alpha value is -2.33. The summed E-state index contributed by atoms with van der Waals surface area (Å²) in [4.78, 5) is 11.2. The molecule has 26 heavy (non-hydrogen) atoms. The molecule has 2 aromatic rings. The van der Waals surface area contributed by atoms with Crippen LogP contribution in [0.25, 0.3) is 0 Å². The van der Waals surface area contributed by atoms with Crippen LogP contribution in [0.15, 0.2) is 35.4 Å². The smallest absolute Gasteiger partial charge is 0.475 e. The van der Waals surface area contributed by atoms with E-state index in [1.54, 1.807) is 17.2 Å². The van der Waals surface area contributed by atoms with Gasteiger partial charge in [0.2, 0.25) is 0 Å². The Morgan fingerprint density at radius 3 is 2.62 bits per heavy atom. The minimum Gasteiger partial charge on any atom is -0.475 e. The predicted molar refractivity (Wildman–Crippen MR) is 84.1 cm³/mol. The fraction of sp³-hybridized carbons (Fsp3) is 0.500. The van der Waals surface area contributed by atoms with E-state index in [1.807, 2.05) is 25.5 Å². The number of aromatic nitrogens is 2. The molecule has 7 nitrogen and oxygen atoms in total. The number of alkyl halides is 3. The number of nitrogens with zero attached hydrogens (tertiary/aromatic N) is 3. The maximum Gasteiger partial charge on any atom is 0.490 e. The van der Waals surface area contributed by atoms with Crippen molar-refractivity contribution in [3.8, 4) is 0 Å². The van der Waals surface area contributed by atoms with Crippen LogP contribution >= 0.6 is 0 Å². The summed E-state index contributed by atoms with van der Waals surface area (Å²) < 4.78 is 38.6. The van der Waals surface area contributed by atoms with Gasteiger partial charge >= 0.3 is 12.1 Å². The van der Waals surface area contributed by atoms with Crippen LogP contribution in [0.1, 0.15) is 17.5 Å². The Morgan fingerprint density at radius 1 is 1.42 bits per heavy atom. The van der Waals surface area contributed by atoms with Crippen molar-refractivity contribution in [1.82, 2.24) is 14.7 Å². The first-order valence-corrected chi connectivity index (χ1v) is 7.87. The van der Waals surface area contributed by atoms with Crippen molar-refractivity contribution in [2.75, 3.05) is 6.54 Å². The summed E-state index contributed by atoms with van der Waals surface area (Å²) in [5.74, 6) is -2.76. The number of carboxylic acid groups (broad SMARTS) is 1. The summed E-state index contributed by atoms with van der Waals surface area (Å²) in [5, 5.41) is 21.5. The summed E-state index contributed by atoms with van der Waals surface area (Å²) in [6.07, 6.45) is 3.69. The van der Waals surface area contributed by atoms with Crippen LogP contribution in [0.2, 0.25) is 0 Å². The largest absolute Gasteiger partial charge is 0.490 e. The normalized spacial score (nSPS) is 20.7. The standard InChI is InChI=1S/C14H19N3O2.C2HF3O2/c1-16-8-12(7-15-16)6-13-14(18)2-4-17(13)9-11-3-5-19-10-11;3-2(4,5)1(6)7/h3,5,7-8,10,13-14,18H,2,4,6,9H2,1H3;(H,6,7)/t13-,14+;/m0./s1. The summed E-state index contributed by atoms with van der Waals surface area (Å²) in [6.45, 7) is 1.76. The number of carbonyl (C=O) groups is 1. The van der Waals surface area contributed by atoms with Crippen molar-refractivity contribution in [2.45, 2.75) is 37.7 Å². The first kappa shape index (κ1) is 20.0. The third-order valence-electron chi connectivity index (χ3n) is 4.04. The van der Waals surface area contributed by atoms with Crippen molar-refractivity contribution in [3.63, 3.8) is 0 Å². The quantitative estimate of drug-likeness (QED) is 0.847. The van der Waals surface area contributed by atoms with Gasteiger partial charge in [-0.25, -0.2) is 4.79 Å². The van der Waals surface area contributed by atoms with Crippen LogP contribution < -0.4 is 0 Å². The second kappa shape index (κ2) is 8.37. The molecule has 0 spiro atoms. The van der Waals surface area contributed by atoms with Gasteiger partial charge in [0.1, 0.15) is 0 Å². The maximum atomic E-state index is 10.6. The van der Waals surface area contributed by atoms with Crippen LogP contribution in [0, 0.1) is 0 Å². The summed E-state index contributed by atoms with van der Waals surface area (Å²) in [6, 6.07) is 2.14. The van der Waals surface area contributed by atoms with Gasteiger partial charge in [-0.05, 0) is 24.5 Å². The second-order valence-electron chi connectivity index (χ2n) is 6.05. The number of rotatable bonds is 4. The highest BCUT2D eigenvalue weighted by molar-refractivity contribution is 5.73. The highest BCUT2D eigenvalue weighted by atomic mass is 19.4. The molecule has 0 radical (unpaired) electrons. The molecular formula is C16H20F3N3O4. The van der Waals surface area contributed by atoms with E-state index in [0.29, 0.717) is 0 Å². The van der Waals surface area contributed by atoms with Gasteiger partial charge in [-0.15, -0.1) is 0 Å². The number of likely N-dealkylation sites (tertiary alicyclic amines) is 1. The first-order valence-electron chi connectivity index (χ1n) is 7.87. The van der Waals surface area contributed by atoms with Crippen LogP contribution in [0.5, 0.6) is 0 Å². The van der Waals surface area contributed by atoms with Gasteiger partial charge in [-0.3, -0.25) is 9.58 Å². The number of carboxylic acids is 1. The molecule has 0 saturated carbocycles. The number of aliphatic hydroxyl groups excluding tert-OH is 1. The average Bonchev–Trinajstić information content (AvgIpc) is 3.26. The van der Waals surface area contributed by atoms with Crippen LogP contribution in [-0.4, -0.2) is 55.7 Å². The monoisotopic (exact) mass is 375 g/mol. The predicted octanol–water partition coefficient (Wildman–Crippen LogP) is 1.82. The molecule has 3 rings (SSSR count). The van der Waals surface area contributed by atoms with E-state index in [9.17, 15) is 18.3 Å². The molecule has 10 heteroatoms. The number of aliphatic hydroxyl groups is 1. The topological polar surface area (TPSA) is 91.7 Å². The zero-order valence-corrected chi connectivity index (χ0v) is 14.1. The van der Waals surface area contributed by atoms with Crippen molar-refractivity contribution in [2.24, 2.45) is 7.05 Å². The molecular weight excluding hydrogens is 355 g/mol. The van der Waals surface area contributed by atoms with Gasteiger partial charge in [0.25, 0.3) is 0 Å². The molecule has 1 aliphatic heterocycles. The van der Waals surface area contributed by atoms with Gasteiger partial charge in [-0.2, -0.15) is 18.3 Å². The lowest BCUT2D eigenvalue weighted by Crippen LogP contribution is -2.36. The molecule has 1 aliphatic rings. The van der Waals surface area contributed by atoms with Crippen molar-refractivity contribution in [1.29, 1.82) is 0 Å². The van der Waals surface area contributed by atoms with Crippen LogP contribution in [0.3, 0.4) is 0 Å². The lowest BCUT2D eigenvalue weighted by Gasteiger charge is -2.25. The summed E-state index contributed by atoms with van der Waals surface area (Å²) in [5.41, 5.74) is 2.33. The van der Waals surface area contributed by atoms with E-state index in [2.05, 4.69) is 10.00 Å². The second-order valence-corrected chi connectivity index (χ2v) is 6.05. The highest BCUT2D eigenvalue weighted by Crippen LogP contribution is 2.24. The zero-order valence-electron chi connectivity index (χ0n) is 14.1. The van der Waals surface area contributed by atoms with E-state index < -0.39 is 12.1 Å². The minimum atomic E-state index is -5.08. The molecule has 0 aliphatic carbocycles. The Bertz CT molecular complexity index is 700. The molecule has 0 unspecified atom stereocenters. The average molecular weight is 375 g/mol. The van der Waals surface area contributed by atoms with Crippen molar-refractivity contribution < 1.29 is 32.6 Å². The molecule has 0 amide bonds. The molecule has 0 aromatic carbocycles. The van der Waals surface area contributed by atoms with E-state index in [1.165, 1.54) is 5.56 Å². The number of halogens is 3. The summed E-state index contributed by atoms with van der Waals surface area (Å²) >= 11 is 0. The number of aryl methyl sites for hydroxylation is 1. The molecule has 1 saturated heterocycles. The fourth-order valence-corrected chi connectivity index (χ4v) is 2.80. The summed E-state index contributed by atoms with van der Waals surface area (Å²) in [7, 11) is 1.91. The van der Waals surface area contributed by atoms with Crippen LogP contribution in [-0.2, 0) is 24.8 Å². The third kappa shape index (κ3) is 5.60. The number of aliphatic carboxylic acids is 1. The van der Waals surface area contributed by atoms with Gasteiger partial charge in [-0.1, -0.05) is 0 Å². The molecule has 144 valence electrons. The molecule has 3 heterocycles. The minimum absolute atomic E-state index is 0.166. The lowest BCUT2D eigenvalue weighted by atomic mass is 10.0. The van der Waals surface area contributed by atoms with E-state index in [0.717, 1.165) is 31.5 Å². The highest BCUT2D eigenvalue weighted by Gasteiger charge is 2.38. The Morgan fingerprint density at radius 2 is 2.12 bits per heavy atom. The van der Waals surface area contributed by atoms with Gasteiger partial charge in [0, 0.05) is 37.9 Å². The molecule has 2 N–H and O–H groups in total. The first-order chi connectivity index (χ1) is 12.2. The number of furan rings is 1. The Kier molecular flexibility index (Phi) is 6.43. The Labute approximate surface area is 147 Å². The van der Waals surface area contributed by atoms with Gasteiger partial charge < -0.3 is 14.6 Å². The van der Waals surface area contributed by atoms with Crippen molar-refractivity contribution >= 4 is 5.97 Å². The Balaban J connectivity index is 0.000000298. The fourth-order valence-electron chi connectivity index (χ4n) is 2.80. The molecule has 0 bridgehead atoms. The van der Waals surface area contributed by atoms with Crippen LogP contribution in [0.4, 0.5) is 13.2 Å². The number of hydrogen-bond donors (Lipinski definition) is 2. The van der Waals surface area contributed by atoms with E-state index in [4.69, 9.17) is 14.3 Å². The molecule has 2 atom stereocenters. The lowest BCUT2D eigenvalue weighted by molar-refractivity contribution is -0.192. The van der Waals surface area contributed by atoms with Gasteiger partial charge in [0.05, 0.1) is 24.8 Å². The zero-order chi connectivity index (χ0) is 19.3. The molecule has 1 fully saturated rings. The van der Waals surface area contributed by atoms with E-state index >= 15 is 0 Å². The number of hydrogen-bond acceptors (Lipinski definition) is 5. The van der Waals surface area contributed by atoms with E-state index in [-0.39, 0.29) is 12.1 Å². The molecule has 2 aromatic heterocycles. The SMILES string of the molecule is Cn1cc(C[C@H]2[C@H](O)CCN2Cc2ccoc2)cn1.O=C(O)C(F)(F)F. The van der Waals surface area contributed by atoms with Gasteiger partial charge in [0.15, 0.2) is 0 Å². The van der Waals surface area contributed by atoms with Crippen molar-refractivity contribution in [3.05, 3.63) is 42.1 Å². The third-order valence-corrected chi connectivity index (χ3v) is 4.04.